The molecule has 3 rings (SSSR count). The van der Waals surface area contributed by atoms with Crippen LogP contribution in [0.15, 0.2) is 23.7 Å². The second-order valence-corrected chi connectivity index (χ2v) is 8.73. The van der Waals surface area contributed by atoms with E-state index in [-0.39, 0.29) is 35.9 Å². The van der Waals surface area contributed by atoms with Gasteiger partial charge in [-0.05, 0) is 45.7 Å². The summed E-state index contributed by atoms with van der Waals surface area (Å²) in [7, 11) is 0. The van der Waals surface area contributed by atoms with Crippen molar-refractivity contribution in [1.82, 2.24) is 15.6 Å². The summed E-state index contributed by atoms with van der Waals surface area (Å²) < 4.78 is 5.93. The maximum Gasteiger partial charge on any atom is 0.237 e. The normalized spacial score (nSPS) is 20.0. The van der Waals surface area contributed by atoms with Crippen LogP contribution in [0.2, 0.25) is 0 Å². The fourth-order valence-electron chi connectivity index (χ4n) is 3.23. The molecule has 1 aromatic heterocycles. The first kappa shape index (κ1) is 19.8. The van der Waals surface area contributed by atoms with Crippen molar-refractivity contribution in [2.75, 3.05) is 6.54 Å². The number of nitrogens with one attached hydrogen (secondary N) is 2. The molecule has 0 spiro atoms. The van der Waals surface area contributed by atoms with Gasteiger partial charge in [-0.3, -0.25) is 4.79 Å². The smallest absolute Gasteiger partial charge is 0.237 e. The molecule has 1 fully saturated rings. The van der Waals surface area contributed by atoms with E-state index in [1.54, 1.807) is 22.9 Å². The number of hydrogen-bond acceptors (Lipinski definition) is 6. The Hall–Kier alpha value is -1.96. The van der Waals surface area contributed by atoms with Gasteiger partial charge >= 0.3 is 0 Å². The number of hydrogen-bond donors (Lipinski definition) is 3. The van der Waals surface area contributed by atoms with Crippen LogP contribution < -0.4 is 10.6 Å². The summed E-state index contributed by atoms with van der Waals surface area (Å²) in [5.74, 6) is 0.103. The van der Waals surface area contributed by atoms with E-state index in [4.69, 9.17) is 4.74 Å². The van der Waals surface area contributed by atoms with Crippen molar-refractivity contribution >= 4 is 17.2 Å². The molecule has 27 heavy (non-hydrogen) atoms. The Labute approximate surface area is 164 Å². The van der Waals surface area contributed by atoms with Gasteiger partial charge in [0, 0.05) is 18.7 Å². The first-order valence-corrected chi connectivity index (χ1v) is 10.0. The highest BCUT2D eigenvalue weighted by atomic mass is 32.1. The molecule has 6 nitrogen and oxygen atoms in total. The summed E-state index contributed by atoms with van der Waals surface area (Å²) in [6.45, 7) is 8.95. The largest absolute Gasteiger partial charge is 0.508 e. The number of amides is 1. The van der Waals surface area contributed by atoms with Gasteiger partial charge in [-0.15, -0.1) is 11.3 Å². The standard InChI is InChI=1S/C20H27N3O3S/c1-12-18(27-11-23-12)13-5-6-14(17(24)7-13)9-22-19(25)16-8-15(10-21-16)26-20(2,3)4/h5-7,11,15-16,21,24H,8-10H2,1-4H3,(H,22,25)/t15-,16+/m1/s1. The van der Waals surface area contributed by atoms with Gasteiger partial charge in [-0.2, -0.15) is 0 Å². The van der Waals surface area contributed by atoms with Crippen molar-refractivity contribution in [3.8, 4) is 16.2 Å². The minimum atomic E-state index is -0.265. The molecule has 0 bridgehead atoms. The second-order valence-electron chi connectivity index (χ2n) is 7.88. The van der Waals surface area contributed by atoms with Crippen LogP contribution in [0.1, 0.15) is 38.4 Å². The van der Waals surface area contributed by atoms with Gasteiger partial charge in [0.25, 0.3) is 0 Å². The monoisotopic (exact) mass is 389 g/mol. The van der Waals surface area contributed by atoms with Crippen LogP contribution in [0.4, 0.5) is 0 Å². The summed E-state index contributed by atoms with van der Waals surface area (Å²) in [4.78, 5) is 17.7. The highest BCUT2D eigenvalue weighted by molar-refractivity contribution is 7.13. The molecule has 0 aliphatic carbocycles. The van der Waals surface area contributed by atoms with Crippen LogP contribution in [0.5, 0.6) is 5.75 Å². The van der Waals surface area contributed by atoms with Gasteiger partial charge < -0.3 is 20.5 Å². The molecule has 146 valence electrons. The summed E-state index contributed by atoms with van der Waals surface area (Å²) in [6, 6.07) is 5.25. The van der Waals surface area contributed by atoms with Crippen LogP contribution in [-0.2, 0) is 16.1 Å². The Kier molecular flexibility index (Phi) is 5.83. The van der Waals surface area contributed by atoms with E-state index in [9.17, 15) is 9.90 Å². The van der Waals surface area contributed by atoms with Gasteiger partial charge in [-0.1, -0.05) is 12.1 Å². The Morgan fingerprint density at radius 2 is 2.22 bits per heavy atom. The fourth-order valence-corrected chi connectivity index (χ4v) is 4.03. The number of thiazole rings is 1. The maximum atomic E-state index is 12.4. The molecule has 3 N–H and O–H groups in total. The highest BCUT2D eigenvalue weighted by Gasteiger charge is 2.32. The van der Waals surface area contributed by atoms with Crippen molar-refractivity contribution in [1.29, 1.82) is 0 Å². The highest BCUT2D eigenvalue weighted by Crippen LogP contribution is 2.31. The van der Waals surface area contributed by atoms with Gasteiger partial charge in [0.15, 0.2) is 0 Å². The number of nitrogens with zero attached hydrogens (tertiary/aromatic N) is 1. The molecule has 2 heterocycles. The SMILES string of the molecule is Cc1ncsc1-c1ccc(CNC(=O)[C@@H]2C[C@@H](OC(C)(C)C)CN2)c(O)c1. The number of rotatable bonds is 5. The third-order valence-corrected chi connectivity index (χ3v) is 5.45. The molecule has 1 aliphatic heterocycles. The third-order valence-electron chi connectivity index (χ3n) is 4.47. The lowest BCUT2D eigenvalue weighted by Gasteiger charge is -2.24. The predicted octanol–water partition coefficient (Wildman–Crippen LogP) is 2.99. The van der Waals surface area contributed by atoms with Crippen LogP contribution in [-0.4, -0.2) is 40.3 Å². The van der Waals surface area contributed by atoms with Gasteiger partial charge in [0.2, 0.25) is 5.91 Å². The first-order chi connectivity index (χ1) is 12.7. The number of aromatic nitrogens is 1. The fraction of sp³-hybridized carbons (Fsp3) is 0.500. The lowest BCUT2D eigenvalue weighted by atomic mass is 10.1. The first-order valence-electron chi connectivity index (χ1n) is 9.14. The Morgan fingerprint density at radius 3 is 2.85 bits per heavy atom. The van der Waals surface area contributed by atoms with E-state index in [1.165, 1.54) is 0 Å². The molecule has 0 radical (unpaired) electrons. The zero-order valence-corrected chi connectivity index (χ0v) is 17.0. The number of carbonyl (C=O) groups excluding carboxylic acids is 1. The minimum absolute atomic E-state index is 0.0380. The number of aryl methyl sites for hydroxylation is 1. The minimum Gasteiger partial charge on any atom is -0.508 e. The van der Waals surface area contributed by atoms with E-state index in [2.05, 4.69) is 15.6 Å². The van der Waals surface area contributed by atoms with Crippen molar-refractivity contribution in [3.63, 3.8) is 0 Å². The molecule has 2 atom stereocenters. The van der Waals surface area contributed by atoms with Crippen LogP contribution >= 0.6 is 11.3 Å². The summed E-state index contributed by atoms with van der Waals surface area (Å²) in [5, 5.41) is 16.4. The molecule has 0 unspecified atom stereocenters. The second kappa shape index (κ2) is 7.96. The molecular formula is C20H27N3O3S. The van der Waals surface area contributed by atoms with E-state index in [1.807, 2.05) is 39.8 Å². The molecule has 1 aromatic carbocycles. The Morgan fingerprint density at radius 1 is 1.44 bits per heavy atom. The molecule has 1 saturated heterocycles. The number of phenols is 1. The van der Waals surface area contributed by atoms with Crippen LogP contribution in [0.25, 0.3) is 10.4 Å². The molecule has 1 aliphatic rings. The average molecular weight is 390 g/mol. The quantitative estimate of drug-likeness (QED) is 0.732. The van der Waals surface area contributed by atoms with Crippen molar-refractivity contribution in [2.24, 2.45) is 0 Å². The lowest BCUT2D eigenvalue weighted by Crippen LogP contribution is -2.40. The zero-order valence-electron chi connectivity index (χ0n) is 16.2. The predicted molar refractivity (Wildman–Crippen MR) is 107 cm³/mol. The number of aromatic hydroxyl groups is 1. The number of benzene rings is 1. The van der Waals surface area contributed by atoms with Crippen LogP contribution in [0, 0.1) is 6.92 Å². The number of ether oxygens (including phenoxy) is 1. The average Bonchev–Trinajstić information content (AvgIpc) is 3.21. The van der Waals surface area contributed by atoms with Crippen molar-refractivity contribution in [3.05, 3.63) is 35.0 Å². The van der Waals surface area contributed by atoms with E-state index >= 15 is 0 Å². The lowest BCUT2D eigenvalue weighted by molar-refractivity contribution is -0.123. The van der Waals surface area contributed by atoms with E-state index in [0.717, 1.165) is 16.1 Å². The van der Waals surface area contributed by atoms with Gasteiger partial charge in [0.1, 0.15) is 5.75 Å². The number of phenolic OH excluding ortho intramolecular Hbond substituents is 1. The molecular weight excluding hydrogens is 362 g/mol. The van der Waals surface area contributed by atoms with Crippen molar-refractivity contribution in [2.45, 2.75) is 58.4 Å². The Balaban J connectivity index is 1.56. The molecule has 0 saturated carbocycles. The van der Waals surface area contributed by atoms with Gasteiger partial charge in [-0.25, -0.2) is 4.98 Å². The summed E-state index contributed by atoms with van der Waals surface area (Å²) >= 11 is 1.54. The summed E-state index contributed by atoms with van der Waals surface area (Å²) in [6.07, 6.45) is 0.690. The topological polar surface area (TPSA) is 83.5 Å². The number of carbonyl (C=O) groups is 1. The molecule has 1 amide bonds. The van der Waals surface area contributed by atoms with Gasteiger partial charge in [0.05, 0.1) is 33.8 Å². The van der Waals surface area contributed by atoms with Crippen molar-refractivity contribution < 1.29 is 14.6 Å². The van der Waals surface area contributed by atoms with Crippen LogP contribution in [0.3, 0.4) is 0 Å². The maximum absolute atomic E-state index is 12.4. The zero-order chi connectivity index (χ0) is 19.6. The van der Waals surface area contributed by atoms with E-state index < -0.39 is 0 Å². The molecule has 2 aromatic rings. The Bertz CT molecular complexity index is 813. The molecule has 7 heteroatoms. The summed E-state index contributed by atoms with van der Waals surface area (Å²) in [5.41, 5.74) is 4.14. The third kappa shape index (κ3) is 5.06. The van der Waals surface area contributed by atoms with E-state index in [0.29, 0.717) is 18.5 Å².